The van der Waals surface area contributed by atoms with Crippen LogP contribution in [0.25, 0.3) is 11.3 Å². The van der Waals surface area contributed by atoms with Crippen LogP contribution in [0.2, 0.25) is 0 Å². The second-order valence-corrected chi connectivity index (χ2v) is 4.66. The summed E-state index contributed by atoms with van der Waals surface area (Å²) in [6, 6.07) is 1.92. The Morgan fingerprint density at radius 3 is 2.88 bits per heavy atom. The second-order valence-electron chi connectivity index (χ2n) is 4.66. The quantitative estimate of drug-likeness (QED) is 0.853. The normalized spacial score (nSPS) is 16.8. The number of nitrogens with two attached hydrogens (primary N) is 1. The fourth-order valence-electron chi connectivity index (χ4n) is 2.78. The van der Waals surface area contributed by atoms with Crippen LogP contribution in [0.5, 0.6) is 0 Å². The fraction of sp³-hybridized carbons (Fsp3) is 0.462. The first-order valence-corrected chi connectivity index (χ1v) is 6.20. The van der Waals surface area contributed by atoms with Crippen molar-refractivity contribution in [1.82, 2.24) is 10.2 Å². The molecule has 1 fully saturated rings. The van der Waals surface area contributed by atoms with Gasteiger partial charge in [0.1, 0.15) is 5.69 Å². The number of nitrogens with zero attached hydrogens (tertiary/aromatic N) is 1. The van der Waals surface area contributed by atoms with Crippen molar-refractivity contribution in [1.29, 1.82) is 0 Å². The van der Waals surface area contributed by atoms with Crippen LogP contribution in [0.4, 0.5) is 0 Å². The van der Waals surface area contributed by atoms with E-state index in [1.807, 2.05) is 6.07 Å². The van der Waals surface area contributed by atoms with Gasteiger partial charge in [0.25, 0.3) is 0 Å². The molecule has 1 aliphatic carbocycles. The molecule has 1 aliphatic rings. The van der Waals surface area contributed by atoms with E-state index in [4.69, 9.17) is 10.2 Å². The first-order valence-electron chi connectivity index (χ1n) is 6.20. The second kappa shape index (κ2) is 4.37. The van der Waals surface area contributed by atoms with Gasteiger partial charge in [0.05, 0.1) is 12.5 Å². The lowest BCUT2D eigenvalue weighted by molar-refractivity contribution is 0.568. The molecule has 0 amide bonds. The lowest BCUT2D eigenvalue weighted by atomic mass is 9.97. The molecule has 0 saturated heterocycles. The van der Waals surface area contributed by atoms with E-state index in [0.29, 0.717) is 12.5 Å². The molecule has 3 N–H and O–H groups in total. The third-order valence-electron chi connectivity index (χ3n) is 3.66. The van der Waals surface area contributed by atoms with Crippen molar-refractivity contribution in [2.24, 2.45) is 5.73 Å². The maximum atomic E-state index is 5.88. The third kappa shape index (κ3) is 1.78. The monoisotopic (exact) mass is 231 g/mol. The molecule has 0 aliphatic heterocycles. The maximum Gasteiger partial charge on any atom is 0.100 e. The third-order valence-corrected chi connectivity index (χ3v) is 3.66. The summed E-state index contributed by atoms with van der Waals surface area (Å²) >= 11 is 0. The molecule has 4 nitrogen and oxygen atoms in total. The van der Waals surface area contributed by atoms with Gasteiger partial charge in [-0.2, -0.15) is 5.10 Å². The largest absolute Gasteiger partial charge is 0.472 e. The van der Waals surface area contributed by atoms with Crippen LogP contribution < -0.4 is 5.73 Å². The van der Waals surface area contributed by atoms with Gasteiger partial charge in [-0.15, -0.1) is 0 Å². The zero-order chi connectivity index (χ0) is 11.7. The van der Waals surface area contributed by atoms with E-state index >= 15 is 0 Å². The topological polar surface area (TPSA) is 67.8 Å². The molecule has 0 atom stereocenters. The number of aromatic nitrogens is 2. The first-order chi connectivity index (χ1) is 8.40. The van der Waals surface area contributed by atoms with Gasteiger partial charge in [0.15, 0.2) is 0 Å². The van der Waals surface area contributed by atoms with Crippen molar-refractivity contribution in [3.8, 4) is 11.3 Å². The summed E-state index contributed by atoms with van der Waals surface area (Å²) < 4.78 is 5.11. The minimum atomic E-state index is 0.531. The Bertz CT molecular complexity index is 481. The summed E-state index contributed by atoms with van der Waals surface area (Å²) in [6.45, 7) is 0.531. The Morgan fingerprint density at radius 2 is 2.24 bits per heavy atom. The Kier molecular flexibility index (Phi) is 2.73. The molecule has 17 heavy (non-hydrogen) atoms. The Hall–Kier alpha value is -1.55. The molecular weight excluding hydrogens is 214 g/mol. The highest BCUT2D eigenvalue weighted by molar-refractivity contribution is 5.63. The van der Waals surface area contributed by atoms with Gasteiger partial charge in [0.2, 0.25) is 0 Å². The predicted molar refractivity (Wildman–Crippen MR) is 65.4 cm³/mol. The lowest BCUT2D eigenvalue weighted by Crippen LogP contribution is -2.03. The molecule has 2 aromatic rings. The molecule has 4 heteroatoms. The lowest BCUT2D eigenvalue weighted by Gasteiger charge is -2.08. The van der Waals surface area contributed by atoms with Crippen LogP contribution in [0, 0.1) is 0 Å². The molecule has 0 bridgehead atoms. The fourth-order valence-corrected chi connectivity index (χ4v) is 2.78. The summed E-state index contributed by atoms with van der Waals surface area (Å²) in [6.07, 6.45) is 8.51. The van der Waals surface area contributed by atoms with Gasteiger partial charge in [-0.3, -0.25) is 5.10 Å². The van der Waals surface area contributed by atoms with Crippen LogP contribution in [-0.2, 0) is 6.54 Å². The molecule has 0 aromatic carbocycles. The predicted octanol–water partition coefficient (Wildman–Crippen LogP) is 2.79. The van der Waals surface area contributed by atoms with Crippen molar-refractivity contribution < 1.29 is 4.42 Å². The Morgan fingerprint density at radius 1 is 1.41 bits per heavy atom. The van der Waals surface area contributed by atoms with Gasteiger partial charge < -0.3 is 10.2 Å². The van der Waals surface area contributed by atoms with E-state index in [0.717, 1.165) is 16.8 Å². The van der Waals surface area contributed by atoms with Crippen LogP contribution in [0.15, 0.2) is 23.0 Å². The molecule has 3 rings (SSSR count). The molecule has 2 aromatic heterocycles. The molecule has 1 saturated carbocycles. The zero-order valence-electron chi connectivity index (χ0n) is 9.78. The number of rotatable bonds is 3. The molecular formula is C13H17N3O. The van der Waals surface area contributed by atoms with E-state index in [1.165, 1.54) is 31.4 Å². The molecule has 0 radical (unpaired) electrons. The van der Waals surface area contributed by atoms with E-state index in [1.54, 1.807) is 12.5 Å². The number of furan rings is 1. The summed E-state index contributed by atoms with van der Waals surface area (Å²) in [5.41, 5.74) is 10.2. The number of H-pyrrole nitrogens is 1. The number of hydrogen-bond acceptors (Lipinski definition) is 3. The summed E-state index contributed by atoms with van der Waals surface area (Å²) in [7, 11) is 0. The van der Waals surface area contributed by atoms with Crippen LogP contribution >= 0.6 is 0 Å². The molecule has 0 spiro atoms. The highest BCUT2D eigenvalue weighted by Crippen LogP contribution is 2.37. The summed E-state index contributed by atoms with van der Waals surface area (Å²) in [5.74, 6) is 0.613. The average molecular weight is 231 g/mol. The van der Waals surface area contributed by atoms with Gasteiger partial charge in [-0.25, -0.2) is 0 Å². The number of nitrogens with one attached hydrogen (secondary N) is 1. The van der Waals surface area contributed by atoms with E-state index in [2.05, 4.69) is 10.2 Å². The smallest absolute Gasteiger partial charge is 0.100 e. The molecule has 2 heterocycles. The van der Waals surface area contributed by atoms with Crippen LogP contribution in [0.1, 0.15) is 42.9 Å². The number of aromatic amines is 1. The van der Waals surface area contributed by atoms with E-state index in [-0.39, 0.29) is 0 Å². The Labute approximate surface area is 100 Å². The van der Waals surface area contributed by atoms with E-state index < -0.39 is 0 Å². The average Bonchev–Trinajstić information content (AvgIpc) is 3.09. The first kappa shape index (κ1) is 10.6. The van der Waals surface area contributed by atoms with Gasteiger partial charge in [-0.1, -0.05) is 12.8 Å². The van der Waals surface area contributed by atoms with Crippen molar-refractivity contribution >= 4 is 0 Å². The summed E-state index contributed by atoms with van der Waals surface area (Å²) in [4.78, 5) is 0. The minimum Gasteiger partial charge on any atom is -0.472 e. The maximum absolute atomic E-state index is 5.88. The molecule has 0 unspecified atom stereocenters. The minimum absolute atomic E-state index is 0.531. The van der Waals surface area contributed by atoms with Crippen molar-refractivity contribution in [3.63, 3.8) is 0 Å². The van der Waals surface area contributed by atoms with Gasteiger partial charge in [0, 0.05) is 29.3 Å². The van der Waals surface area contributed by atoms with Crippen molar-refractivity contribution in [2.45, 2.75) is 38.1 Å². The van der Waals surface area contributed by atoms with Crippen LogP contribution in [0.3, 0.4) is 0 Å². The van der Waals surface area contributed by atoms with Gasteiger partial charge >= 0.3 is 0 Å². The Balaban J connectivity index is 2.00. The zero-order valence-corrected chi connectivity index (χ0v) is 9.78. The standard InChI is InChI=1S/C13H17N3O/c14-7-11-12(9-3-1-2-4-9)15-16-13(11)10-5-6-17-8-10/h5-6,8-9H,1-4,7,14H2,(H,15,16). The van der Waals surface area contributed by atoms with Crippen molar-refractivity contribution in [2.75, 3.05) is 0 Å². The van der Waals surface area contributed by atoms with Crippen LogP contribution in [-0.4, -0.2) is 10.2 Å². The van der Waals surface area contributed by atoms with E-state index in [9.17, 15) is 0 Å². The van der Waals surface area contributed by atoms with Gasteiger partial charge in [-0.05, 0) is 18.9 Å². The number of hydrogen-bond donors (Lipinski definition) is 2. The SMILES string of the molecule is NCc1c(-c2ccoc2)n[nH]c1C1CCCC1. The highest BCUT2D eigenvalue weighted by Gasteiger charge is 2.24. The summed E-state index contributed by atoms with van der Waals surface area (Å²) in [5, 5.41) is 7.59. The van der Waals surface area contributed by atoms with Crippen molar-refractivity contribution in [3.05, 3.63) is 29.9 Å². The highest BCUT2D eigenvalue weighted by atomic mass is 16.3. The molecule has 90 valence electrons.